The summed E-state index contributed by atoms with van der Waals surface area (Å²) in [5, 5.41) is 5.24. The van der Waals surface area contributed by atoms with E-state index in [4.69, 9.17) is 4.74 Å². The number of methoxy groups -OCH3 is 1. The molecule has 0 radical (unpaired) electrons. The van der Waals surface area contributed by atoms with Gasteiger partial charge in [-0.1, -0.05) is 12.1 Å². The second-order valence-electron chi connectivity index (χ2n) is 5.59. The lowest BCUT2D eigenvalue weighted by Gasteiger charge is -2.12. The molecule has 0 aliphatic heterocycles. The molecule has 0 aliphatic carbocycles. The standard InChI is InChI=1S/C18H21N3O4/c1-12-7-8-16(20-13(2)22)18(24)21(12)11-17(23)19-10-14-5-4-6-15(9-14)25-3/h4-9H,10-11H2,1-3H3,(H,19,23)(H,20,22). The lowest BCUT2D eigenvalue weighted by atomic mass is 10.2. The van der Waals surface area contributed by atoms with E-state index in [0.717, 1.165) is 5.56 Å². The van der Waals surface area contributed by atoms with Crippen molar-refractivity contribution in [2.45, 2.75) is 26.9 Å². The van der Waals surface area contributed by atoms with Crippen molar-refractivity contribution in [2.24, 2.45) is 0 Å². The molecule has 7 nitrogen and oxygen atoms in total. The summed E-state index contributed by atoms with van der Waals surface area (Å²) in [5.41, 5.74) is 1.27. The number of carbonyl (C=O) groups excluding carboxylic acids is 2. The van der Waals surface area contributed by atoms with Crippen LogP contribution in [0.1, 0.15) is 18.2 Å². The smallest absolute Gasteiger partial charge is 0.274 e. The zero-order valence-corrected chi connectivity index (χ0v) is 14.5. The van der Waals surface area contributed by atoms with Gasteiger partial charge in [0.1, 0.15) is 18.0 Å². The normalized spacial score (nSPS) is 10.2. The van der Waals surface area contributed by atoms with Crippen molar-refractivity contribution in [3.05, 3.63) is 58.0 Å². The Morgan fingerprint density at radius 3 is 2.64 bits per heavy atom. The van der Waals surface area contributed by atoms with Crippen molar-refractivity contribution in [3.63, 3.8) is 0 Å². The monoisotopic (exact) mass is 343 g/mol. The fraction of sp³-hybridized carbons (Fsp3) is 0.278. The van der Waals surface area contributed by atoms with Crippen molar-refractivity contribution in [3.8, 4) is 5.75 Å². The molecule has 1 aromatic carbocycles. The maximum atomic E-state index is 12.4. The molecule has 2 amide bonds. The molecule has 1 aromatic heterocycles. The highest BCUT2D eigenvalue weighted by molar-refractivity contribution is 5.88. The Bertz CT molecular complexity index is 842. The molecular formula is C18H21N3O4. The molecule has 0 fully saturated rings. The Hall–Kier alpha value is -3.09. The molecular weight excluding hydrogens is 322 g/mol. The largest absolute Gasteiger partial charge is 0.497 e. The van der Waals surface area contributed by atoms with Gasteiger partial charge in [-0.15, -0.1) is 0 Å². The van der Waals surface area contributed by atoms with Crippen LogP contribution in [0.15, 0.2) is 41.2 Å². The van der Waals surface area contributed by atoms with E-state index in [1.807, 2.05) is 24.3 Å². The van der Waals surface area contributed by atoms with E-state index in [9.17, 15) is 14.4 Å². The Kier molecular flexibility index (Phi) is 5.94. The Balaban J connectivity index is 2.07. The summed E-state index contributed by atoms with van der Waals surface area (Å²) >= 11 is 0. The number of carbonyl (C=O) groups is 2. The van der Waals surface area contributed by atoms with E-state index < -0.39 is 5.56 Å². The summed E-state index contributed by atoms with van der Waals surface area (Å²) in [6.07, 6.45) is 0. The van der Waals surface area contributed by atoms with Crippen LogP contribution in [-0.4, -0.2) is 23.5 Å². The Labute approximate surface area is 145 Å². The number of nitrogens with zero attached hydrogens (tertiary/aromatic N) is 1. The Morgan fingerprint density at radius 2 is 1.96 bits per heavy atom. The number of amides is 2. The van der Waals surface area contributed by atoms with Gasteiger partial charge in [-0.2, -0.15) is 0 Å². The fourth-order valence-electron chi connectivity index (χ4n) is 2.33. The predicted molar refractivity (Wildman–Crippen MR) is 94.6 cm³/mol. The first-order valence-corrected chi connectivity index (χ1v) is 7.78. The summed E-state index contributed by atoms with van der Waals surface area (Å²) in [6, 6.07) is 10.6. The molecule has 0 unspecified atom stereocenters. The molecule has 25 heavy (non-hydrogen) atoms. The second kappa shape index (κ2) is 8.14. The van der Waals surface area contributed by atoms with Gasteiger partial charge in [0.2, 0.25) is 11.8 Å². The first kappa shape index (κ1) is 18.3. The van der Waals surface area contributed by atoms with E-state index in [1.165, 1.54) is 17.6 Å². The number of aromatic nitrogens is 1. The molecule has 0 bridgehead atoms. The van der Waals surface area contributed by atoms with Gasteiger partial charge in [-0.3, -0.25) is 14.4 Å². The molecule has 0 atom stereocenters. The molecule has 0 spiro atoms. The van der Waals surface area contributed by atoms with Gasteiger partial charge < -0.3 is 19.9 Å². The second-order valence-corrected chi connectivity index (χ2v) is 5.59. The van der Waals surface area contributed by atoms with E-state index in [0.29, 0.717) is 18.0 Å². The third-order valence-electron chi connectivity index (χ3n) is 3.63. The van der Waals surface area contributed by atoms with Gasteiger partial charge in [0.05, 0.1) is 7.11 Å². The molecule has 132 valence electrons. The Morgan fingerprint density at radius 1 is 1.20 bits per heavy atom. The first-order chi connectivity index (χ1) is 11.9. The van der Waals surface area contributed by atoms with Crippen LogP contribution in [0.25, 0.3) is 0 Å². The number of anilines is 1. The fourth-order valence-corrected chi connectivity index (χ4v) is 2.33. The van der Waals surface area contributed by atoms with Crippen molar-refractivity contribution in [1.29, 1.82) is 0 Å². The summed E-state index contributed by atoms with van der Waals surface area (Å²) < 4.78 is 6.47. The molecule has 2 N–H and O–H groups in total. The van der Waals surface area contributed by atoms with E-state index in [1.54, 1.807) is 20.1 Å². The minimum atomic E-state index is -0.410. The van der Waals surface area contributed by atoms with Crippen molar-refractivity contribution in [1.82, 2.24) is 9.88 Å². The van der Waals surface area contributed by atoms with Crippen LogP contribution in [-0.2, 0) is 22.7 Å². The number of aryl methyl sites for hydroxylation is 1. The van der Waals surface area contributed by atoms with Crippen molar-refractivity contribution >= 4 is 17.5 Å². The predicted octanol–water partition coefficient (Wildman–Crippen LogP) is 1.44. The third kappa shape index (κ3) is 4.94. The SMILES string of the molecule is COc1cccc(CNC(=O)Cn2c(C)ccc(NC(C)=O)c2=O)c1. The van der Waals surface area contributed by atoms with Crippen LogP contribution >= 0.6 is 0 Å². The van der Waals surface area contributed by atoms with Crippen LogP contribution in [0.3, 0.4) is 0 Å². The van der Waals surface area contributed by atoms with Gasteiger partial charge in [0, 0.05) is 19.2 Å². The molecule has 2 rings (SSSR count). The highest BCUT2D eigenvalue weighted by Crippen LogP contribution is 2.12. The average molecular weight is 343 g/mol. The van der Waals surface area contributed by atoms with Gasteiger partial charge >= 0.3 is 0 Å². The number of benzene rings is 1. The van der Waals surface area contributed by atoms with E-state index in [-0.39, 0.29) is 24.0 Å². The highest BCUT2D eigenvalue weighted by atomic mass is 16.5. The number of hydrogen-bond acceptors (Lipinski definition) is 4. The van der Waals surface area contributed by atoms with Crippen molar-refractivity contribution in [2.75, 3.05) is 12.4 Å². The van der Waals surface area contributed by atoms with E-state index in [2.05, 4.69) is 10.6 Å². The number of pyridine rings is 1. The molecule has 1 heterocycles. The van der Waals surface area contributed by atoms with Crippen LogP contribution in [0, 0.1) is 6.92 Å². The van der Waals surface area contributed by atoms with Crippen LogP contribution in [0.2, 0.25) is 0 Å². The molecule has 0 aliphatic rings. The maximum absolute atomic E-state index is 12.4. The number of ether oxygens (including phenoxy) is 1. The summed E-state index contributed by atoms with van der Waals surface area (Å²) in [5.74, 6) is 0.0739. The average Bonchev–Trinajstić information content (AvgIpc) is 2.59. The van der Waals surface area contributed by atoms with Gasteiger partial charge in [0.15, 0.2) is 0 Å². The number of hydrogen-bond donors (Lipinski definition) is 2. The first-order valence-electron chi connectivity index (χ1n) is 7.78. The van der Waals surface area contributed by atoms with Gasteiger partial charge in [-0.25, -0.2) is 0 Å². The van der Waals surface area contributed by atoms with Gasteiger partial charge in [0.25, 0.3) is 5.56 Å². The van der Waals surface area contributed by atoms with Crippen LogP contribution in [0.5, 0.6) is 5.75 Å². The van der Waals surface area contributed by atoms with Crippen LogP contribution in [0.4, 0.5) is 5.69 Å². The minimum absolute atomic E-state index is 0.123. The lowest BCUT2D eigenvalue weighted by molar-refractivity contribution is -0.122. The van der Waals surface area contributed by atoms with E-state index >= 15 is 0 Å². The summed E-state index contributed by atoms with van der Waals surface area (Å²) in [4.78, 5) is 35.7. The quantitative estimate of drug-likeness (QED) is 0.830. The topological polar surface area (TPSA) is 89.4 Å². The number of rotatable bonds is 6. The van der Waals surface area contributed by atoms with Gasteiger partial charge in [-0.05, 0) is 36.8 Å². The minimum Gasteiger partial charge on any atom is -0.497 e. The number of nitrogens with one attached hydrogen (secondary N) is 2. The molecule has 0 saturated heterocycles. The molecule has 2 aromatic rings. The molecule has 7 heteroatoms. The highest BCUT2D eigenvalue weighted by Gasteiger charge is 2.11. The van der Waals surface area contributed by atoms with Crippen molar-refractivity contribution < 1.29 is 14.3 Å². The summed E-state index contributed by atoms with van der Waals surface area (Å²) in [7, 11) is 1.58. The maximum Gasteiger partial charge on any atom is 0.274 e. The zero-order chi connectivity index (χ0) is 18.4. The lowest BCUT2D eigenvalue weighted by Crippen LogP contribution is -2.34. The molecule has 0 saturated carbocycles. The van der Waals surface area contributed by atoms with Crippen LogP contribution < -0.4 is 20.9 Å². The summed E-state index contributed by atoms with van der Waals surface area (Å²) in [6.45, 7) is 3.26. The zero-order valence-electron chi connectivity index (χ0n) is 14.5. The third-order valence-corrected chi connectivity index (χ3v) is 3.63.